The highest BCUT2D eigenvalue weighted by Gasteiger charge is 2.11. The molecule has 3 rings (SSSR count). The summed E-state index contributed by atoms with van der Waals surface area (Å²) in [5.74, 6) is 1.80. The summed E-state index contributed by atoms with van der Waals surface area (Å²) >= 11 is 0. The predicted molar refractivity (Wildman–Crippen MR) is 83.7 cm³/mol. The van der Waals surface area contributed by atoms with E-state index < -0.39 is 0 Å². The highest BCUT2D eigenvalue weighted by Crippen LogP contribution is 2.20. The van der Waals surface area contributed by atoms with Crippen LogP contribution >= 0.6 is 0 Å². The maximum absolute atomic E-state index is 5.20. The summed E-state index contributed by atoms with van der Waals surface area (Å²) in [5, 5.41) is 4.74. The van der Waals surface area contributed by atoms with Crippen LogP contribution in [0, 0.1) is 20.8 Å². The normalized spacial score (nSPS) is 10.9. The van der Waals surface area contributed by atoms with E-state index in [9.17, 15) is 0 Å². The van der Waals surface area contributed by atoms with Gasteiger partial charge in [-0.3, -0.25) is 0 Å². The molecule has 0 bridgehead atoms. The first kappa shape index (κ1) is 13.5. The molecule has 0 N–H and O–H groups in total. The fourth-order valence-corrected chi connectivity index (χ4v) is 2.58. The van der Waals surface area contributed by atoms with Crippen LogP contribution in [0.25, 0.3) is 11.5 Å². The van der Waals surface area contributed by atoms with Crippen molar-refractivity contribution < 1.29 is 4.74 Å². The highest BCUT2D eigenvalue weighted by atomic mass is 16.5. The lowest BCUT2D eigenvalue weighted by molar-refractivity contribution is 0.414. The molecule has 1 aromatic carbocycles. The summed E-state index contributed by atoms with van der Waals surface area (Å²) in [6.07, 6.45) is 0. The third-order valence-electron chi connectivity index (χ3n) is 3.69. The van der Waals surface area contributed by atoms with Crippen LogP contribution in [-0.2, 0) is 0 Å². The van der Waals surface area contributed by atoms with Crippen LogP contribution in [0.5, 0.6) is 5.75 Å². The first-order chi connectivity index (χ1) is 10.1. The Morgan fingerprint density at radius 2 is 1.48 bits per heavy atom. The van der Waals surface area contributed by atoms with E-state index in [1.54, 1.807) is 7.11 Å². The summed E-state index contributed by atoms with van der Waals surface area (Å²) in [5.41, 5.74) is 4.50. The molecule has 0 saturated heterocycles. The molecule has 2 heterocycles. The van der Waals surface area contributed by atoms with Crippen LogP contribution in [0.4, 0.5) is 0 Å². The SMILES string of the molecule is COc1ccc(-n2nc(-n3c(C)ccc3C)cc2C)cc1. The van der Waals surface area contributed by atoms with Gasteiger partial charge in [-0.05, 0) is 57.2 Å². The van der Waals surface area contributed by atoms with Crippen LogP contribution in [0.15, 0.2) is 42.5 Å². The van der Waals surface area contributed by atoms with Crippen molar-refractivity contribution in [1.29, 1.82) is 0 Å². The molecule has 21 heavy (non-hydrogen) atoms. The minimum absolute atomic E-state index is 0.848. The first-order valence-electron chi connectivity index (χ1n) is 6.96. The molecular formula is C17H19N3O. The lowest BCUT2D eigenvalue weighted by Crippen LogP contribution is -2.02. The van der Waals surface area contributed by atoms with E-state index in [0.29, 0.717) is 0 Å². The third kappa shape index (κ3) is 2.33. The monoisotopic (exact) mass is 281 g/mol. The van der Waals surface area contributed by atoms with Crippen molar-refractivity contribution in [2.24, 2.45) is 0 Å². The van der Waals surface area contributed by atoms with Crippen LogP contribution in [0.3, 0.4) is 0 Å². The van der Waals surface area contributed by atoms with E-state index >= 15 is 0 Å². The van der Waals surface area contributed by atoms with E-state index in [2.05, 4.69) is 43.5 Å². The first-order valence-corrected chi connectivity index (χ1v) is 6.96. The summed E-state index contributed by atoms with van der Waals surface area (Å²) in [7, 11) is 1.67. The summed E-state index contributed by atoms with van der Waals surface area (Å²) in [4.78, 5) is 0. The van der Waals surface area contributed by atoms with Gasteiger partial charge in [0.2, 0.25) is 0 Å². The minimum Gasteiger partial charge on any atom is -0.497 e. The van der Waals surface area contributed by atoms with Crippen molar-refractivity contribution >= 4 is 0 Å². The second kappa shape index (κ2) is 5.13. The molecule has 0 fully saturated rings. The van der Waals surface area contributed by atoms with Gasteiger partial charge in [-0.25, -0.2) is 4.68 Å². The molecule has 4 nitrogen and oxygen atoms in total. The molecule has 0 radical (unpaired) electrons. The topological polar surface area (TPSA) is 32.0 Å². The smallest absolute Gasteiger partial charge is 0.159 e. The Morgan fingerprint density at radius 3 is 2.05 bits per heavy atom. The van der Waals surface area contributed by atoms with Gasteiger partial charge in [0, 0.05) is 23.1 Å². The molecule has 0 atom stereocenters. The number of hydrogen-bond acceptors (Lipinski definition) is 2. The minimum atomic E-state index is 0.848. The fraction of sp³-hybridized carbons (Fsp3) is 0.235. The molecule has 0 aliphatic carbocycles. The lowest BCUT2D eigenvalue weighted by Gasteiger charge is -2.06. The van der Waals surface area contributed by atoms with Crippen LogP contribution in [0.2, 0.25) is 0 Å². The largest absolute Gasteiger partial charge is 0.497 e. The number of aromatic nitrogens is 3. The highest BCUT2D eigenvalue weighted by molar-refractivity contribution is 5.41. The van der Waals surface area contributed by atoms with Gasteiger partial charge in [-0.2, -0.15) is 0 Å². The number of ether oxygens (including phenoxy) is 1. The lowest BCUT2D eigenvalue weighted by atomic mass is 10.3. The molecule has 0 aliphatic heterocycles. The molecule has 0 amide bonds. The van der Waals surface area contributed by atoms with Crippen molar-refractivity contribution in [3.8, 4) is 17.3 Å². The average Bonchev–Trinajstić information content (AvgIpc) is 3.02. The van der Waals surface area contributed by atoms with E-state index in [0.717, 1.165) is 22.9 Å². The Bertz CT molecular complexity index is 746. The zero-order chi connectivity index (χ0) is 15.0. The predicted octanol–water partition coefficient (Wildman–Crippen LogP) is 3.60. The van der Waals surface area contributed by atoms with Crippen molar-refractivity contribution in [3.05, 3.63) is 59.5 Å². The van der Waals surface area contributed by atoms with Gasteiger partial charge in [0.05, 0.1) is 12.8 Å². The van der Waals surface area contributed by atoms with Crippen molar-refractivity contribution in [2.75, 3.05) is 7.11 Å². The van der Waals surface area contributed by atoms with Crippen molar-refractivity contribution in [2.45, 2.75) is 20.8 Å². The van der Waals surface area contributed by atoms with Gasteiger partial charge in [0.1, 0.15) is 5.75 Å². The molecule has 0 saturated carbocycles. The maximum atomic E-state index is 5.20. The Hall–Kier alpha value is -2.49. The number of nitrogens with zero attached hydrogens (tertiary/aromatic N) is 3. The Balaban J connectivity index is 2.05. The number of benzene rings is 1. The van der Waals surface area contributed by atoms with Crippen LogP contribution in [0.1, 0.15) is 17.1 Å². The van der Waals surface area contributed by atoms with Gasteiger partial charge in [-0.15, -0.1) is 5.10 Å². The second-order valence-electron chi connectivity index (χ2n) is 5.21. The van der Waals surface area contributed by atoms with Gasteiger partial charge in [0.15, 0.2) is 5.82 Å². The number of rotatable bonds is 3. The standard InChI is InChI=1S/C17H19N3O/c1-12-5-6-13(2)19(12)17-11-14(3)20(18-17)15-7-9-16(21-4)10-8-15/h5-11H,1-4H3. The maximum Gasteiger partial charge on any atom is 0.159 e. The summed E-state index contributed by atoms with van der Waals surface area (Å²) in [6, 6.07) is 14.2. The molecule has 4 heteroatoms. The molecule has 0 aliphatic rings. The van der Waals surface area contributed by atoms with Gasteiger partial charge in [0.25, 0.3) is 0 Å². The van der Waals surface area contributed by atoms with Gasteiger partial charge in [-0.1, -0.05) is 0 Å². The molecule has 108 valence electrons. The van der Waals surface area contributed by atoms with Crippen molar-refractivity contribution in [1.82, 2.24) is 14.3 Å². The Kier molecular flexibility index (Phi) is 3.29. The zero-order valence-corrected chi connectivity index (χ0v) is 12.8. The van der Waals surface area contributed by atoms with E-state index in [4.69, 9.17) is 9.84 Å². The van der Waals surface area contributed by atoms with Gasteiger partial charge >= 0.3 is 0 Å². The summed E-state index contributed by atoms with van der Waals surface area (Å²) in [6.45, 7) is 6.25. The molecule has 0 spiro atoms. The quantitative estimate of drug-likeness (QED) is 0.734. The Morgan fingerprint density at radius 1 is 0.857 bits per heavy atom. The molecule has 0 unspecified atom stereocenters. The average molecular weight is 281 g/mol. The fourth-order valence-electron chi connectivity index (χ4n) is 2.58. The molecular weight excluding hydrogens is 262 g/mol. The second-order valence-corrected chi connectivity index (χ2v) is 5.21. The van der Waals surface area contributed by atoms with E-state index in [1.165, 1.54) is 11.4 Å². The number of hydrogen-bond donors (Lipinski definition) is 0. The Labute approximate surface area is 124 Å². The van der Waals surface area contributed by atoms with Crippen molar-refractivity contribution in [3.63, 3.8) is 0 Å². The molecule has 3 aromatic rings. The third-order valence-corrected chi connectivity index (χ3v) is 3.69. The zero-order valence-electron chi connectivity index (χ0n) is 12.8. The summed E-state index contributed by atoms with van der Waals surface area (Å²) < 4.78 is 9.31. The van der Waals surface area contributed by atoms with E-state index in [1.807, 2.05) is 28.9 Å². The number of methoxy groups -OCH3 is 1. The number of aryl methyl sites for hydroxylation is 3. The van der Waals surface area contributed by atoms with E-state index in [-0.39, 0.29) is 0 Å². The molecule has 2 aromatic heterocycles. The van der Waals surface area contributed by atoms with Gasteiger partial charge < -0.3 is 9.30 Å². The van der Waals surface area contributed by atoms with Crippen LogP contribution < -0.4 is 4.74 Å². The van der Waals surface area contributed by atoms with Crippen LogP contribution in [-0.4, -0.2) is 21.5 Å².